The van der Waals surface area contributed by atoms with E-state index in [-0.39, 0.29) is 6.61 Å². The lowest BCUT2D eigenvalue weighted by atomic mass is 10.1. The SMILES string of the molecule is OCCc1c(Cl)ncnc1-c1ccccc1. The van der Waals surface area contributed by atoms with Gasteiger partial charge in [-0.3, -0.25) is 0 Å². The summed E-state index contributed by atoms with van der Waals surface area (Å²) in [4.78, 5) is 8.15. The Bertz CT molecular complexity index is 474. The van der Waals surface area contributed by atoms with Crippen LogP contribution in [0.5, 0.6) is 0 Å². The van der Waals surface area contributed by atoms with E-state index in [2.05, 4.69) is 9.97 Å². The quantitative estimate of drug-likeness (QED) is 0.830. The summed E-state index contributed by atoms with van der Waals surface area (Å²) in [6.07, 6.45) is 1.90. The Kier molecular flexibility index (Phi) is 3.49. The molecule has 0 bridgehead atoms. The molecule has 0 aliphatic carbocycles. The molecule has 4 heteroatoms. The molecule has 1 heterocycles. The highest BCUT2D eigenvalue weighted by molar-refractivity contribution is 6.30. The van der Waals surface area contributed by atoms with E-state index in [0.717, 1.165) is 16.8 Å². The maximum Gasteiger partial charge on any atom is 0.136 e. The first kappa shape index (κ1) is 11.0. The number of hydrogen-bond acceptors (Lipinski definition) is 3. The first-order valence-corrected chi connectivity index (χ1v) is 5.36. The molecule has 3 nitrogen and oxygen atoms in total. The largest absolute Gasteiger partial charge is 0.396 e. The third kappa shape index (κ3) is 2.21. The zero-order valence-corrected chi connectivity index (χ0v) is 9.35. The Labute approximate surface area is 98.8 Å². The third-order valence-corrected chi connectivity index (χ3v) is 2.63. The van der Waals surface area contributed by atoms with Crippen LogP contribution in [-0.2, 0) is 6.42 Å². The van der Waals surface area contributed by atoms with Gasteiger partial charge in [0.2, 0.25) is 0 Å². The van der Waals surface area contributed by atoms with Crippen LogP contribution >= 0.6 is 11.6 Å². The Morgan fingerprint density at radius 2 is 1.88 bits per heavy atom. The van der Waals surface area contributed by atoms with Crippen molar-refractivity contribution in [2.24, 2.45) is 0 Å². The number of nitrogens with zero attached hydrogens (tertiary/aromatic N) is 2. The fourth-order valence-electron chi connectivity index (χ4n) is 1.57. The summed E-state index contributed by atoms with van der Waals surface area (Å²) in [5.74, 6) is 0. The lowest BCUT2D eigenvalue weighted by molar-refractivity contribution is 0.299. The molecule has 0 aliphatic rings. The summed E-state index contributed by atoms with van der Waals surface area (Å²) >= 11 is 6.00. The normalized spacial score (nSPS) is 10.4. The number of hydrogen-bond donors (Lipinski definition) is 1. The molecule has 1 aromatic heterocycles. The molecule has 0 saturated heterocycles. The fourth-order valence-corrected chi connectivity index (χ4v) is 1.80. The molecular formula is C12H11ClN2O. The van der Waals surface area contributed by atoms with Crippen LogP contribution in [-0.4, -0.2) is 21.7 Å². The van der Waals surface area contributed by atoms with Gasteiger partial charge in [-0.05, 0) is 0 Å². The van der Waals surface area contributed by atoms with Crippen molar-refractivity contribution in [2.75, 3.05) is 6.61 Å². The molecule has 0 fully saturated rings. The van der Waals surface area contributed by atoms with Crippen molar-refractivity contribution in [1.29, 1.82) is 0 Å². The molecule has 0 spiro atoms. The minimum atomic E-state index is 0.0346. The second-order valence-corrected chi connectivity index (χ2v) is 3.69. The number of aromatic nitrogens is 2. The molecule has 0 aliphatic heterocycles. The first-order chi connectivity index (χ1) is 7.83. The van der Waals surface area contributed by atoms with E-state index < -0.39 is 0 Å². The van der Waals surface area contributed by atoms with E-state index in [1.807, 2.05) is 30.3 Å². The Balaban J connectivity index is 2.52. The predicted octanol–water partition coefficient (Wildman–Crippen LogP) is 2.33. The number of halogens is 1. The summed E-state index contributed by atoms with van der Waals surface area (Å²) in [5.41, 5.74) is 2.56. The van der Waals surface area contributed by atoms with Crippen LogP contribution in [0.3, 0.4) is 0 Å². The first-order valence-electron chi connectivity index (χ1n) is 4.98. The molecule has 2 rings (SSSR count). The van der Waals surface area contributed by atoms with Gasteiger partial charge in [0.05, 0.1) is 5.69 Å². The van der Waals surface area contributed by atoms with E-state index in [0.29, 0.717) is 11.6 Å². The van der Waals surface area contributed by atoms with Gasteiger partial charge in [0.1, 0.15) is 11.5 Å². The molecule has 0 amide bonds. The van der Waals surface area contributed by atoms with E-state index in [1.54, 1.807) is 0 Å². The van der Waals surface area contributed by atoms with Gasteiger partial charge in [-0.15, -0.1) is 0 Å². The van der Waals surface area contributed by atoms with Crippen molar-refractivity contribution in [3.05, 3.63) is 47.4 Å². The van der Waals surface area contributed by atoms with Gasteiger partial charge in [-0.1, -0.05) is 41.9 Å². The monoisotopic (exact) mass is 234 g/mol. The highest BCUT2D eigenvalue weighted by atomic mass is 35.5. The lowest BCUT2D eigenvalue weighted by Gasteiger charge is -2.08. The minimum Gasteiger partial charge on any atom is -0.396 e. The second-order valence-electron chi connectivity index (χ2n) is 3.33. The maximum atomic E-state index is 9.00. The van der Waals surface area contributed by atoms with Crippen LogP contribution in [0.2, 0.25) is 5.15 Å². The Morgan fingerprint density at radius 3 is 2.56 bits per heavy atom. The smallest absolute Gasteiger partial charge is 0.136 e. The summed E-state index contributed by atoms with van der Waals surface area (Å²) in [7, 11) is 0. The average Bonchev–Trinajstić information content (AvgIpc) is 2.33. The summed E-state index contributed by atoms with van der Waals surface area (Å²) < 4.78 is 0. The van der Waals surface area contributed by atoms with Crippen molar-refractivity contribution in [3.8, 4) is 11.3 Å². The second kappa shape index (κ2) is 5.05. The van der Waals surface area contributed by atoms with Crippen LogP contribution in [0, 0.1) is 0 Å². The van der Waals surface area contributed by atoms with Gasteiger partial charge < -0.3 is 5.11 Å². The number of aliphatic hydroxyl groups excluding tert-OH is 1. The molecule has 0 unspecified atom stereocenters. The third-order valence-electron chi connectivity index (χ3n) is 2.30. The molecule has 82 valence electrons. The minimum absolute atomic E-state index is 0.0346. The molecule has 0 radical (unpaired) electrons. The van der Waals surface area contributed by atoms with Crippen molar-refractivity contribution in [1.82, 2.24) is 9.97 Å². The summed E-state index contributed by atoms with van der Waals surface area (Å²) in [6, 6.07) is 9.74. The lowest BCUT2D eigenvalue weighted by Crippen LogP contribution is -1.99. The zero-order chi connectivity index (χ0) is 11.4. The Morgan fingerprint density at radius 1 is 1.12 bits per heavy atom. The molecule has 16 heavy (non-hydrogen) atoms. The Hall–Kier alpha value is -1.45. The number of rotatable bonds is 3. The fraction of sp³-hybridized carbons (Fsp3) is 0.167. The van der Waals surface area contributed by atoms with Crippen molar-refractivity contribution >= 4 is 11.6 Å². The van der Waals surface area contributed by atoms with Gasteiger partial charge in [-0.2, -0.15) is 0 Å². The summed E-state index contributed by atoms with van der Waals surface area (Å²) in [5, 5.41) is 9.41. The summed E-state index contributed by atoms with van der Waals surface area (Å²) in [6.45, 7) is 0.0346. The molecule has 1 aromatic carbocycles. The van der Waals surface area contributed by atoms with Gasteiger partial charge in [0.15, 0.2) is 0 Å². The van der Waals surface area contributed by atoms with E-state index in [4.69, 9.17) is 16.7 Å². The van der Waals surface area contributed by atoms with Crippen LogP contribution in [0.25, 0.3) is 11.3 Å². The maximum absolute atomic E-state index is 9.00. The van der Waals surface area contributed by atoms with Crippen molar-refractivity contribution in [3.63, 3.8) is 0 Å². The molecule has 0 saturated carbocycles. The van der Waals surface area contributed by atoms with E-state index in [1.165, 1.54) is 6.33 Å². The van der Waals surface area contributed by atoms with Gasteiger partial charge in [0, 0.05) is 24.2 Å². The standard InChI is InChI=1S/C12H11ClN2O/c13-12-10(6-7-16)11(14-8-15-12)9-4-2-1-3-5-9/h1-5,8,16H,6-7H2. The number of benzene rings is 1. The number of aliphatic hydroxyl groups is 1. The highest BCUT2D eigenvalue weighted by Gasteiger charge is 2.10. The average molecular weight is 235 g/mol. The molecule has 1 N–H and O–H groups in total. The molecular weight excluding hydrogens is 224 g/mol. The molecule has 2 aromatic rings. The topological polar surface area (TPSA) is 46.0 Å². The molecule has 0 atom stereocenters. The van der Waals surface area contributed by atoms with Gasteiger partial charge in [0.25, 0.3) is 0 Å². The van der Waals surface area contributed by atoms with Crippen LogP contribution in [0.1, 0.15) is 5.56 Å². The van der Waals surface area contributed by atoms with Crippen LogP contribution in [0.4, 0.5) is 0 Å². The van der Waals surface area contributed by atoms with Gasteiger partial charge in [-0.25, -0.2) is 9.97 Å². The van der Waals surface area contributed by atoms with Crippen LogP contribution < -0.4 is 0 Å². The van der Waals surface area contributed by atoms with Crippen molar-refractivity contribution in [2.45, 2.75) is 6.42 Å². The van der Waals surface area contributed by atoms with E-state index >= 15 is 0 Å². The van der Waals surface area contributed by atoms with Crippen LogP contribution in [0.15, 0.2) is 36.7 Å². The predicted molar refractivity (Wildman–Crippen MR) is 63.3 cm³/mol. The van der Waals surface area contributed by atoms with Gasteiger partial charge >= 0.3 is 0 Å². The zero-order valence-electron chi connectivity index (χ0n) is 8.60. The van der Waals surface area contributed by atoms with E-state index in [9.17, 15) is 0 Å². The highest BCUT2D eigenvalue weighted by Crippen LogP contribution is 2.25. The van der Waals surface area contributed by atoms with Crippen molar-refractivity contribution < 1.29 is 5.11 Å².